The van der Waals surface area contributed by atoms with Crippen molar-refractivity contribution in [2.75, 3.05) is 19.8 Å². The lowest BCUT2D eigenvalue weighted by Gasteiger charge is -2.36. The van der Waals surface area contributed by atoms with E-state index in [4.69, 9.17) is 4.74 Å². The molecular weight excluding hydrogens is 266 g/mol. The largest absolute Gasteiger partial charge is 0.393 e. The Labute approximate surface area is 126 Å². The first-order valence-corrected chi connectivity index (χ1v) is 8.19. The highest BCUT2D eigenvalue weighted by molar-refractivity contribution is 5.02. The van der Waals surface area contributed by atoms with Crippen LogP contribution in [-0.4, -0.2) is 51.7 Å². The summed E-state index contributed by atoms with van der Waals surface area (Å²) in [4.78, 5) is 2.48. The monoisotopic (exact) mass is 293 g/mol. The van der Waals surface area contributed by atoms with Gasteiger partial charge in [-0.15, -0.1) is 0 Å². The van der Waals surface area contributed by atoms with Crippen molar-refractivity contribution in [1.82, 2.24) is 14.7 Å². The molecule has 0 saturated carbocycles. The molecule has 0 aliphatic carbocycles. The van der Waals surface area contributed by atoms with E-state index in [9.17, 15) is 5.11 Å². The van der Waals surface area contributed by atoms with Gasteiger partial charge in [0, 0.05) is 37.4 Å². The first kappa shape index (κ1) is 15.0. The minimum absolute atomic E-state index is 0.211. The SMILES string of the molecule is CC(C)n1ccc(CN2CCC[C@@H]2[C@@H]2COCC[C@@H]2O)n1. The summed E-state index contributed by atoms with van der Waals surface area (Å²) in [7, 11) is 0. The van der Waals surface area contributed by atoms with E-state index < -0.39 is 0 Å². The molecule has 2 aliphatic heterocycles. The van der Waals surface area contributed by atoms with Gasteiger partial charge in [0.05, 0.1) is 18.4 Å². The van der Waals surface area contributed by atoms with Crippen molar-refractivity contribution < 1.29 is 9.84 Å². The molecule has 118 valence electrons. The van der Waals surface area contributed by atoms with Crippen molar-refractivity contribution in [3.63, 3.8) is 0 Å². The summed E-state index contributed by atoms with van der Waals surface area (Å²) in [5, 5.41) is 14.9. The van der Waals surface area contributed by atoms with E-state index >= 15 is 0 Å². The summed E-state index contributed by atoms with van der Waals surface area (Å²) in [6.45, 7) is 7.66. The molecule has 0 radical (unpaired) electrons. The molecule has 2 aliphatic rings. The van der Waals surface area contributed by atoms with Crippen molar-refractivity contribution in [3.8, 4) is 0 Å². The molecule has 0 unspecified atom stereocenters. The van der Waals surface area contributed by atoms with Gasteiger partial charge in [0.1, 0.15) is 0 Å². The van der Waals surface area contributed by atoms with Gasteiger partial charge in [0.15, 0.2) is 0 Å². The Hall–Kier alpha value is -0.910. The Morgan fingerprint density at radius 3 is 3.00 bits per heavy atom. The van der Waals surface area contributed by atoms with Crippen LogP contribution >= 0.6 is 0 Å². The molecule has 0 aromatic carbocycles. The maximum absolute atomic E-state index is 10.3. The van der Waals surface area contributed by atoms with Crippen molar-refractivity contribution in [2.24, 2.45) is 5.92 Å². The second kappa shape index (κ2) is 6.46. The number of likely N-dealkylation sites (tertiary alicyclic amines) is 1. The third-order valence-corrected chi connectivity index (χ3v) is 4.83. The molecule has 5 nitrogen and oxygen atoms in total. The van der Waals surface area contributed by atoms with Crippen LogP contribution in [0, 0.1) is 5.92 Å². The first-order chi connectivity index (χ1) is 10.1. The zero-order valence-electron chi connectivity index (χ0n) is 13.1. The molecule has 1 N–H and O–H groups in total. The van der Waals surface area contributed by atoms with Gasteiger partial charge in [-0.05, 0) is 45.7 Å². The maximum atomic E-state index is 10.3. The predicted molar refractivity (Wildman–Crippen MR) is 81.0 cm³/mol. The van der Waals surface area contributed by atoms with Crippen LogP contribution in [0.25, 0.3) is 0 Å². The van der Waals surface area contributed by atoms with Crippen LogP contribution in [0.5, 0.6) is 0 Å². The van der Waals surface area contributed by atoms with Gasteiger partial charge >= 0.3 is 0 Å². The molecule has 21 heavy (non-hydrogen) atoms. The summed E-state index contributed by atoms with van der Waals surface area (Å²) >= 11 is 0. The van der Waals surface area contributed by atoms with Gasteiger partial charge < -0.3 is 9.84 Å². The van der Waals surface area contributed by atoms with E-state index in [0.717, 1.165) is 31.6 Å². The van der Waals surface area contributed by atoms with Crippen LogP contribution in [0.15, 0.2) is 12.3 Å². The number of hydrogen-bond donors (Lipinski definition) is 1. The minimum atomic E-state index is -0.211. The molecule has 1 aromatic rings. The molecule has 5 heteroatoms. The lowest BCUT2D eigenvalue weighted by molar-refractivity contribution is -0.0637. The Morgan fingerprint density at radius 1 is 1.43 bits per heavy atom. The third-order valence-electron chi connectivity index (χ3n) is 4.83. The van der Waals surface area contributed by atoms with Crippen LogP contribution < -0.4 is 0 Å². The Bertz CT molecular complexity index is 460. The fraction of sp³-hybridized carbons (Fsp3) is 0.812. The van der Waals surface area contributed by atoms with E-state index in [2.05, 4.69) is 36.1 Å². The molecule has 0 bridgehead atoms. The fourth-order valence-electron chi connectivity index (χ4n) is 3.61. The van der Waals surface area contributed by atoms with E-state index in [-0.39, 0.29) is 12.0 Å². The molecule has 0 amide bonds. The van der Waals surface area contributed by atoms with E-state index in [0.29, 0.717) is 25.3 Å². The molecule has 0 spiro atoms. The van der Waals surface area contributed by atoms with Gasteiger partial charge in [-0.25, -0.2) is 0 Å². The highest BCUT2D eigenvalue weighted by Crippen LogP contribution is 2.30. The number of nitrogens with zero attached hydrogens (tertiary/aromatic N) is 3. The number of aromatic nitrogens is 2. The van der Waals surface area contributed by atoms with Gasteiger partial charge in [-0.1, -0.05) is 0 Å². The zero-order chi connectivity index (χ0) is 14.8. The molecule has 1 aromatic heterocycles. The smallest absolute Gasteiger partial charge is 0.0764 e. The number of aliphatic hydroxyl groups excluding tert-OH is 1. The summed E-state index contributed by atoms with van der Waals surface area (Å²) in [6, 6.07) is 2.95. The predicted octanol–water partition coefficient (Wildman–Crippen LogP) is 1.83. The van der Waals surface area contributed by atoms with Gasteiger partial charge in [-0.3, -0.25) is 9.58 Å². The fourth-order valence-corrected chi connectivity index (χ4v) is 3.61. The van der Waals surface area contributed by atoms with Crippen molar-refractivity contribution in [2.45, 2.75) is 57.8 Å². The number of rotatable bonds is 4. The summed E-state index contributed by atoms with van der Waals surface area (Å²) in [5.74, 6) is 0.258. The van der Waals surface area contributed by atoms with Crippen molar-refractivity contribution in [1.29, 1.82) is 0 Å². The lowest BCUT2D eigenvalue weighted by atomic mass is 9.89. The van der Waals surface area contributed by atoms with Crippen LogP contribution in [0.4, 0.5) is 0 Å². The number of aliphatic hydroxyl groups is 1. The second-order valence-electron chi connectivity index (χ2n) is 6.66. The molecule has 3 heterocycles. The number of hydrogen-bond acceptors (Lipinski definition) is 4. The zero-order valence-corrected chi connectivity index (χ0v) is 13.1. The van der Waals surface area contributed by atoms with Crippen LogP contribution in [0.1, 0.15) is 44.8 Å². The highest BCUT2D eigenvalue weighted by Gasteiger charge is 2.37. The molecule has 3 rings (SSSR count). The molecule has 3 atom stereocenters. The molecule has 2 saturated heterocycles. The lowest BCUT2D eigenvalue weighted by Crippen LogP contribution is -2.45. The van der Waals surface area contributed by atoms with Crippen molar-refractivity contribution in [3.05, 3.63) is 18.0 Å². The average Bonchev–Trinajstić information content (AvgIpc) is 3.09. The first-order valence-electron chi connectivity index (χ1n) is 8.19. The average molecular weight is 293 g/mol. The van der Waals surface area contributed by atoms with Crippen molar-refractivity contribution >= 4 is 0 Å². The number of ether oxygens (including phenoxy) is 1. The molecular formula is C16H27N3O2. The quantitative estimate of drug-likeness (QED) is 0.920. The normalized spacial score (nSPS) is 31.1. The standard InChI is InChI=1S/C16H27N3O2/c1-12(2)19-8-5-13(17-19)10-18-7-3-4-15(18)14-11-21-9-6-16(14)20/h5,8,12,14-16,20H,3-4,6-7,9-11H2,1-2H3/t14-,15+,16-/m0/s1. The van der Waals surface area contributed by atoms with Crippen LogP contribution in [-0.2, 0) is 11.3 Å². The van der Waals surface area contributed by atoms with E-state index in [1.807, 2.05) is 4.68 Å². The van der Waals surface area contributed by atoms with E-state index in [1.165, 1.54) is 6.42 Å². The third kappa shape index (κ3) is 3.30. The van der Waals surface area contributed by atoms with Gasteiger partial charge in [0.25, 0.3) is 0 Å². The topological polar surface area (TPSA) is 50.5 Å². The Morgan fingerprint density at radius 2 is 2.29 bits per heavy atom. The minimum Gasteiger partial charge on any atom is -0.393 e. The van der Waals surface area contributed by atoms with Crippen LogP contribution in [0.2, 0.25) is 0 Å². The molecule has 2 fully saturated rings. The van der Waals surface area contributed by atoms with E-state index in [1.54, 1.807) is 0 Å². The maximum Gasteiger partial charge on any atom is 0.0764 e. The summed E-state index contributed by atoms with van der Waals surface area (Å²) in [6.07, 6.45) is 4.99. The van der Waals surface area contributed by atoms with Crippen LogP contribution in [0.3, 0.4) is 0 Å². The van der Waals surface area contributed by atoms with Gasteiger partial charge in [0.2, 0.25) is 0 Å². The Kier molecular flexibility index (Phi) is 4.62. The highest BCUT2D eigenvalue weighted by atomic mass is 16.5. The Balaban J connectivity index is 1.65. The summed E-state index contributed by atoms with van der Waals surface area (Å²) < 4.78 is 7.61. The second-order valence-corrected chi connectivity index (χ2v) is 6.66. The summed E-state index contributed by atoms with van der Waals surface area (Å²) in [5.41, 5.74) is 1.13. The van der Waals surface area contributed by atoms with Gasteiger partial charge in [-0.2, -0.15) is 5.10 Å².